The molecule has 0 aliphatic heterocycles. The molecule has 104 valence electrons. The quantitative estimate of drug-likeness (QED) is 0.452. The Morgan fingerprint density at radius 2 is 1.44 bits per heavy atom. The Morgan fingerprint density at radius 1 is 0.875 bits per heavy atom. The van der Waals surface area contributed by atoms with Gasteiger partial charge in [-0.3, -0.25) is 0 Å². The minimum atomic E-state index is 0. The molecule has 0 radical (unpaired) electrons. The second-order valence-electron chi connectivity index (χ2n) is 2.32. The van der Waals surface area contributed by atoms with Crippen molar-refractivity contribution < 1.29 is 14.2 Å². The van der Waals surface area contributed by atoms with Gasteiger partial charge in [0.2, 0.25) is 0 Å². The molecule has 3 heteroatoms. The van der Waals surface area contributed by atoms with Crippen LogP contribution in [-0.4, -0.2) is 40.1 Å². The zero-order valence-corrected chi connectivity index (χ0v) is 7.75. The van der Waals surface area contributed by atoms with Gasteiger partial charge in [-0.2, -0.15) is 0 Å². The summed E-state index contributed by atoms with van der Waals surface area (Å²) in [5.74, 6) is 0. The van der Waals surface area contributed by atoms with Crippen molar-refractivity contribution in [1.29, 1.82) is 0 Å². The minimum absolute atomic E-state index is 0. The van der Waals surface area contributed by atoms with Gasteiger partial charge in [-0.15, -0.1) is 6.58 Å². The van der Waals surface area contributed by atoms with Crippen LogP contribution in [0.4, 0.5) is 0 Å². The van der Waals surface area contributed by atoms with Crippen molar-refractivity contribution in [3.8, 4) is 0 Å². The predicted molar refractivity (Wildman–Crippen MR) is 75.3 cm³/mol. The average molecular weight is 238 g/mol. The highest BCUT2D eigenvalue weighted by molar-refractivity contribution is 4.63. The lowest BCUT2D eigenvalue weighted by Gasteiger charge is -2.03. The van der Waals surface area contributed by atoms with Gasteiger partial charge in [0.15, 0.2) is 0 Å². The summed E-state index contributed by atoms with van der Waals surface area (Å²) < 4.78 is 15.2. The highest BCUT2D eigenvalue weighted by Crippen LogP contribution is 1.84. The zero-order chi connectivity index (χ0) is 9.07. The summed E-state index contributed by atoms with van der Waals surface area (Å²) in [6.45, 7) is 6.92. The molecule has 0 aliphatic carbocycles. The largest absolute Gasteiger partial charge is 0.385 e. The highest BCUT2D eigenvalue weighted by atomic mass is 16.5. The standard InChI is InChI=1S/C9H18O3.4CH4/c1-3-5-11-8-9-12-7-4-6-10-2;;;;/h3H,1,4-9H2,2H3;4*1H4. The Hall–Kier alpha value is -0.380. The molecule has 16 heavy (non-hydrogen) atoms. The van der Waals surface area contributed by atoms with E-state index in [1.54, 1.807) is 13.2 Å². The van der Waals surface area contributed by atoms with Crippen LogP contribution in [0.3, 0.4) is 0 Å². The molecule has 0 atom stereocenters. The molecule has 0 rings (SSSR count). The lowest BCUT2D eigenvalue weighted by atomic mass is 10.5. The molecule has 0 amide bonds. The lowest BCUT2D eigenvalue weighted by molar-refractivity contribution is 0.0488. The summed E-state index contributed by atoms with van der Waals surface area (Å²) in [6, 6.07) is 0. The number of methoxy groups -OCH3 is 1. The van der Waals surface area contributed by atoms with Crippen LogP contribution in [0, 0.1) is 0 Å². The monoisotopic (exact) mass is 238 g/mol. The van der Waals surface area contributed by atoms with Crippen molar-refractivity contribution in [2.24, 2.45) is 0 Å². The summed E-state index contributed by atoms with van der Waals surface area (Å²) in [6.07, 6.45) is 2.67. The molecule has 0 aromatic heterocycles. The van der Waals surface area contributed by atoms with E-state index in [0.29, 0.717) is 19.8 Å². The van der Waals surface area contributed by atoms with Crippen LogP contribution in [-0.2, 0) is 14.2 Å². The molecule has 0 unspecified atom stereocenters. The third kappa shape index (κ3) is 29.2. The van der Waals surface area contributed by atoms with E-state index in [4.69, 9.17) is 14.2 Å². The Labute approximate surface area is 104 Å². The van der Waals surface area contributed by atoms with Gasteiger partial charge in [-0.05, 0) is 6.42 Å². The Balaban J connectivity index is -0.000000101. The highest BCUT2D eigenvalue weighted by Gasteiger charge is 1.88. The van der Waals surface area contributed by atoms with Crippen LogP contribution < -0.4 is 0 Å². The fraction of sp³-hybridized carbons (Fsp3) is 0.846. The van der Waals surface area contributed by atoms with Gasteiger partial charge in [-0.1, -0.05) is 35.8 Å². The molecule has 0 aromatic rings. The predicted octanol–water partition coefficient (Wildman–Crippen LogP) is 3.79. The van der Waals surface area contributed by atoms with E-state index in [1.165, 1.54) is 0 Å². The fourth-order valence-corrected chi connectivity index (χ4v) is 0.692. The molecule has 0 heterocycles. The molecule has 3 nitrogen and oxygen atoms in total. The van der Waals surface area contributed by atoms with E-state index < -0.39 is 0 Å². The summed E-state index contributed by atoms with van der Waals surface area (Å²) in [5.41, 5.74) is 0. The molecule has 0 spiro atoms. The van der Waals surface area contributed by atoms with Crippen molar-refractivity contribution in [3.05, 3.63) is 12.7 Å². The summed E-state index contributed by atoms with van der Waals surface area (Å²) in [7, 11) is 1.69. The smallest absolute Gasteiger partial charge is 0.0704 e. The van der Waals surface area contributed by atoms with Crippen molar-refractivity contribution in [2.45, 2.75) is 36.1 Å². The van der Waals surface area contributed by atoms with Gasteiger partial charge in [0, 0.05) is 20.3 Å². The number of hydrogen-bond donors (Lipinski definition) is 0. The summed E-state index contributed by atoms with van der Waals surface area (Å²) in [5, 5.41) is 0. The van der Waals surface area contributed by atoms with E-state index in [1.807, 2.05) is 0 Å². The Kier molecular flexibility index (Phi) is 54.2. The molecule has 0 bridgehead atoms. The maximum Gasteiger partial charge on any atom is 0.0704 e. The topological polar surface area (TPSA) is 27.7 Å². The molecule has 0 fully saturated rings. The SMILES string of the molecule is C.C.C.C.C=CCOCCOCCCOC. The Bertz CT molecular complexity index is 95.2. The zero-order valence-electron chi connectivity index (χ0n) is 7.75. The third-order valence-electron chi connectivity index (χ3n) is 1.24. The van der Waals surface area contributed by atoms with E-state index in [0.717, 1.165) is 19.6 Å². The third-order valence-corrected chi connectivity index (χ3v) is 1.24. The van der Waals surface area contributed by atoms with Gasteiger partial charge in [0.05, 0.1) is 19.8 Å². The Morgan fingerprint density at radius 3 is 1.94 bits per heavy atom. The lowest BCUT2D eigenvalue weighted by Crippen LogP contribution is -2.06. The minimum Gasteiger partial charge on any atom is -0.385 e. The molecular formula is C13H34O3. The van der Waals surface area contributed by atoms with Gasteiger partial charge in [0.1, 0.15) is 0 Å². The van der Waals surface area contributed by atoms with E-state index >= 15 is 0 Å². The number of rotatable bonds is 9. The number of hydrogen-bond acceptors (Lipinski definition) is 3. The van der Waals surface area contributed by atoms with Crippen molar-refractivity contribution >= 4 is 0 Å². The maximum atomic E-state index is 5.24. The molecule has 0 saturated carbocycles. The van der Waals surface area contributed by atoms with Gasteiger partial charge >= 0.3 is 0 Å². The fourth-order valence-electron chi connectivity index (χ4n) is 0.692. The van der Waals surface area contributed by atoms with Crippen molar-refractivity contribution in [1.82, 2.24) is 0 Å². The first-order valence-electron chi connectivity index (χ1n) is 4.17. The summed E-state index contributed by atoms with van der Waals surface area (Å²) >= 11 is 0. The van der Waals surface area contributed by atoms with Crippen LogP contribution in [0.1, 0.15) is 36.1 Å². The van der Waals surface area contributed by atoms with Crippen LogP contribution in [0.15, 0.2) is 12.7 Å². The van der Waals surface area contributed by atoms with Gasteiger partial charge in [-0.25, -0.2) is 0 Å². The van der Waals surface area contributed by atoms with Crippen LogP contribution in [0.25, 0.3) is 0 Å². The van der Waals surface area contributed by atoms with Gasteiger partial charge in [0.25, 0.3) is 0 Å². The van der Waals surface area contributed by atoms with Crippen LogP contribution in [0.5, 0.6) is 0 Å². The van der Waals surface area contributed by atoms with Crippen LogP contribution >= 0.6 is 0 Å². The normalized spacial score (nSPS) is 7.56. The maximum absolute atomic E-state index is 5.24. The van der Waals surface area contributed by atoms with E-state index in [2.05, 4.69) is 6.58 Å². The van der Waals surface area contributed by atoms with E-state index in [-0.39, 0.29) is 29.7 Å². The first kappa shape index (κ1) is 29.6. The average Bonchev–Trinajstić information content (AvgIpc) is 2.10. The van der Waals surface area contributed by atoms with Crippen molar-refractivity contribution in [3.63, 3.8) is 0 Å². The van der Waals surface area contributed by atoms with Crippen LogP contribution in [0.2, 0.25) is 0 Å². The molecule has 0 aromatic carbocycles. The number of ether oxygens (including phenoxy) is 3. The first-order chi connectivity index (χ1) is 5.91. The molecule has 0 saturated heterocycles. The van der Waals surface area contributed by atoms with Gasteiger partial charge < -0.3 is 14.2 Å². The second kappa shape index (κ2) is 29.3. The molecule has 0 N–H and O–H groups in total. The van der Waals surface area contributed by atoms with E-state index in [9.17, 15) is 0 Å². The summed E-state index contributed by atoms with van der Waals surface area (Å²) in [4.78, 5) is 0. The second-order valence-corrected chi connectivity index (χ2v) is 2.32. The molecule has 0 aliphatic rings. The van der Waals surface area contributed by atoms with Crippen molar-refractivity contribution in [2.75, 3.05) is 40.1 Å². The first-order valence-corrected chi connectivity index (χ1v) is 4.17. The molecular weight excluding hydrogens is 204 g/mol.